The fourth-order valence-corrected chi connectivity index (χ4v) is 1.03. The van der Waals surface area contributed by atoms with Crippen molar-refractivity contribution in [3.8, 4) is 0 Å². The minimum atomic E-state index is -0.201. The minimum absolute atomic E-state index is 0.115. The molecule has 0 aromatic heterocycles. The number of hydrogen-bond acceptors (Lipinski definition) is 3. The summed E-state index contributed by atoms with van der Waals surface area (Å²) < 4.78 is 4.81. The maximum Gasteiger partial charge on any atom is 0.311 e. The Morgan fingerprint density at radius 1 is 1.38 bits per heavy atom. The number of nitrogens with zero attached hydrogens (tertiary/aromatic N) is 1. The molecule has 0 radical (unpaired) electrons. The van der Waals surface area contributed by atoms with E-state index >= 15 is 0 Å². The molecule has 76 valence electrons. The van der Waals surface area contributed by atoms with Gasteiger partial charge in [0.15, 0.2) is 0 Å². The number of hydrogen-bond donors (Lipinski definition) is 0. The Kier molecular flexibility index (Phi) is 4.67. The smallest absolute Gasteiger partial charge is 0.311 e. The van der Waals surface area contributed by atoms with Gasteiger partial charge in [-0.3, -0.25) is 9.79 Å². The van der Waals surface area contributed by atoms with Crippen molar-refractivity contribution in [2.24, 2.45) is 4.99 Å². The molecule has 0 bridgehead atoms. The molecule has 0 heterocycles. The first-order chi connectivity index (χ1) is 5.85. The number of rotatable bonds is 3. The first-order valence-electron chi connectivity index (χ1n) is 4.56. The Balaban J connectivity index is 4.07. The summed E-state index contributed by atoms with van der Waals surface area (Å²) in [5.41, 5.74) is 0.710. The van der Waals surface area contributed by atoms with E-state index in [0.29, 0.717) is 13.0 Å². The fourth-order valence-electron chi connectivity index (χ4n) is 1.03. The van der Waals surface area contributed by atoms with Crippen molar-refractivity contribution in [2.45, 2.75) is 46.6 Å². The molecule has 13 heavy (non-hydrogen) atoms. The average Bonchev–Trinajstić information content (AvgIpc) is 1.81. The molecule has 0 amide bonds. The molecule has 0 saturated carbocycles. The molecule has 3 heteroatoms. The molecular formula is C10H19NO2. The van der Waals surface area contributed by atoms with E-state index in [1.54, 1.807) is 6.92 Å². The molecule has 0 aliphatic rings. The molecule has 3 nitrogen and oxygen atoms in total. The van der Waals surface area contributed by atoms with Gasteiger partial charge in [0, 0.05) is 5.71 Å². The van der Waals surface area contributed by atoms with Crippen molar-refractivity contribution in [2.75, 3.05) is 6.61 Å². The zero-order chi connectivity index (χ0) is 10.5. The summed E-state index contributed by atoms with van der Waals surface area (Å²) in [5, 5.41) is 0. The van der Waals surface area contributed by atoms with Gasteiger partial charge in [0.1, 0.15) is 0 Å². The van der Waals surface area contributed by atoms with Crippen LogP contribution in [0.5, 0.6) is 0 Å². The molecule has 0 aliphatic heterocycles. The highest BCUT2D eigenvalue weighted by molar-refractivity contribution is 5.97. The summed E-state index contributed by atoms with van der Waals surface area (Å²) in [6.45, 7) is 10.1. The number of carbonyl (C=O) groups excluding carboxylic acids is 1. The third kappa shape index (κ3) is 7.50. The van der Waals surface area contributed by atoms with Crippen molar-refractivity contribution in [3.63, 3.8) is 0 Å². The summed E-state index contributed by atoms with van der Waals surface area (Å²) in [4.78, 5) is 15.4. The Labute approximate surface area is 80.2 Å². The Morgan fingerprint density at radius 3 is 2.31 bits per heavy atom. The third-order valence-corrected chi connectivity index (χ3v) is 1.23. The van der Waals surface area contributed by atoms with Gasteiger partial charge in [0.05, 0.1) is 18.6 Å². The zero-order valence-electron chi connectivity index (χ0n) is 9.18. The maximum atomic E-state index is 11.0. The molecule has 0 aromatic rings. The van der Waals surface area contributed by atoms with Gasteiger partial charge in [-0.15, -0.1) is 0 Å². The van der Waals surface area contributed by atoms with Gasteiger partial charge in [0.25, 0.3) is 0 Å². The van der Waals surface area contributed by atoms with E-state index < -0.39 is 0 Å². The number of ether oxygens (including phenoxy) is 1. The molecule has 0 unspecified atom stereocenters. The average molecular weight is 185 g/mol. The van der Waals surface area contributed by atoms with E-state index in [4.69, 9.17) is 4.74 Å². The Morgan fingerprint density at radius 2 is 1.92 bits per heavy atom. The van der Waals surface area contributed by atoms with Crippen LogP contribution < -0.4 is 0 Å². The molecule has 0 N–H and O–H groups in total. The lowest BCUT2D eigenvalue weighted by atomic mass is 10.1. The van der Waals surface area contributed by atoms with Crippen molar-refractivity contribution in [1.29, 1.82) is 0 Å². The molecule has 0 atom stereocenters. The largest absolute Gasteiger partial charge is 0.466 e. The summed E-state index contributed by atoms with van der Waals surface area (Å²) in [6.07, 6.45) is 0.297. The van der Waals surface area contributed by atoms with Crippen molar-refractivity contribution in [1.82, 2.24) is 0 Å². The molecule has 0 aliphatic carbocycles. The highest BCUT2D eigenvalue weighted by atomic mass is 16.5. The minimum Gasteiger partial charge on any atom is -0.466 e. The van der Waals surface area contributed by atoms with Crippen LogP contribution in [-0.4, -0.2) is 23.8 Å². The van der Waals surface area contributed by atoms with E-state index in [-0.39, 0.29) is 11.5 Å². The predicted molar refractivity (Wildman–Crippen MR) is 54.1 cm³/mol. The normalized spacial score (nSPS) is 12.8. The molecule has 0 rings (SSSR count). The summed E-state index contributed by atoms with van der Waals surface area (Å²) >= 11 is 0. The topological polar surface area (TPSA) is 38.7 Å². The fraction of sp³-hybridized carbons (Fsp3) is 0.800. The Bertz CT molecular complexity index is 201. The van der Waals surface area contributed by atoms with Gasteiger partial charge in [-0.2, -0.15) is 0 Å². The molecular weight excluding hydrogens is 166 g/mol. The van der Waals surface area contributed by atoms with Crippen molar-refractivity contribution in [3.05, 3.63) is 0 Å². The van der Waals surface area contributed by atoms with Crippen LogP contribution in [0.1, 0.15) is 41.0 Å². The van der Waals surface area contributed by atoms with Crippen molar-refractivity contribution >= 4 is 11.7 Å². The van der Waals surface area contributed by atoms with Gasteiger partial charge in [-0.1, -0.05) is 0 Å². The van der Waals surface area contributed by atoms with E-state index in [1.807, 2.05) is 27.7 Å². The van der Waals surface area contributed by atoms with Gasteiger partial charge in [-0.25, -0.2) is 0 Å². The van der Waals surface area contributed by atoms with Gasteiger partial charge < -0.3 is 4.74 Å². The van der Waals surface area contributed by atoms with E-state index in [9.17, 15) is 4.79 Å². The van der Waals surface area contributed by atoms with Crippen LogP contribution in [0.15, 0.2) is 4.99 Å². The van der Waals surface area contributed by atoms with E-state index in [1.165, 1.54) is 0 Å². The monoisotopic (exact) mass is 185 g/mol. The molecule has 0 fully saturated rings. The van der Waals surface area contributed by atoms with Crippen LogP contribution in [0, 0.1) is 0 Å². The first-order valence-corrected chi connectivity index (χ1v) is 4.56. The summed E-state index contributed by atoms with van der Waals surface area (Å²) in [6, 6.07) is 0. The number of carbonyl (C=O) groups is 1. The lowest BCUT2D eigenvalue weighted by Gasteiger charge is -2.13. The third-order valence-electron chi connectivity index (χ3n) is 1.23. The second-order valence-corrected chi connectivity index (χ2v) is 4.00. The molecule has 0 spiro atoms. The quantitative estimate of drug-likeness (QED) is 0.499. The maximum absolute atomic E-state index is 11.0. The lowest BCUT2D eigenvalue weighted by Crippen LogP contribution is -2.16. The molecule has 0 aromatic carbocycles. The van der Waals surface area contributed by atoms with Gasteiger partial charge in [0.2, 0.25) is 0 Å². The van der Waals surface area contributed by atoms with Crippen LogP contribution in [0.4, 0.5) is 0 Å². The lowest BCUT2D eigenvalue weighted by molar-refractivity contribution is -0.141. The summed E-state index contributed by atoms with van der Waals surface area (Å²) in [7, 11) is 0. The van der Waals surface area contributed by atoms with Gasteiger partial charge >= 0.3 is 5.97 Å². The van der Waals surface area contributed by atoms with Crippen LogP contribution in [0.25, 0.3) is 0 Å². The second kappa shape index (κ2) is 5.00. The predicted octanol–water partition coefficient (Wildman–Crippen LogP) is 2.20. The highest BCUT2D eigenvalue weighted by Gasteiger charge is 2.10. The first kappa shape index (κ1) is 12.1. The number of aliphatic imine (C=N–C) groups is 1. The van der Waals surface area contributed by atoms with Crippen LogP contribution in [0.3, 0.4) is 0 Å². The van der Waals surface area contributed by atoms with E-state index in [2.05, 4.69) is 4.99 Å². The summed E-state index contributed by atoms with van der Waals surface area (Å²) in [5.74, 6) is -0.201. The Hall–Kier alpha value is -0.860. The SMILES string of the molecule is CCOC(=O)CC(C)=NC(C)(C)C. The van der Waals surface area contributed by atoms with E-state index in [0.717, 1.165) is 5.71 Å². The zero-order valence-corrected chi connectivity index (χ0v) is 9.18. The molecule has 0 saturated heterocycles. The van der Waals surface area contributed by atoms with Crippen LogP contribution in [-0.2, 0) is 9.53 Å². The van der Waals surface area contributed by atoms with Crippen LogP contribution in [0.2, 0.25) is 0 Å². The standard InChI is InChI=1S/C10H19NO2/c1-6-13-9(12)7-8(2)11-10(3,4)5/h6-7H2,1-5H3. The highest BCUT2D eigenvalue weighted by Crippen LogP contribution is 2.07. The van der Waals surface area contributed by atoms with Gasteiger partial charge in [-0.05, 0) is 34.6 Å². The van der Waals surface area contributed by atoms with Crippen LogP contribution >= 0.6 is 0 Å². The second-order valence-electron chi connectivity index (χ2n) is 4.00. The van der Waals surface area contributed by atoms with Crippen molar-refractivity contribution < 1.29 is 9.53 Å². The number of esters is 1.